The maximum absolute atomic E-state index is 13.7. The summed E-state index contributed by atoms with van der Waals surface area (Å²) >= 11 is 0. The summed E-state index contributed by atoms with van der Waals surface area (Å²) in [4.78, 5) is 0. The van der Waals surface area contributed by atoms with Gasteiger partial charge in [-0.1, -0.05) is 147 Å². The van der Waals surface area contributed by atoms with E-state index in [2.05, 4.69) is 23.3 Å². The van der Waals surface area contributed by atoms with Gasteiger partial charge in [0.2, 0.25) is 0 Å². The fraction of sp³-hybridized carbons (Fsp3) is 0.789. The summed E-state index contributed by atoms with van der Waals surface area (Å²) in [5.74, 6) is 6.28. The monoisotopic (exact) mass is 953 g/mol. The number of unbranched alkanes of at least 4 members (excludes halogenated alkanes) is 7. The van der Waals surface area contributed by atoms with Crippen LogP contribution in [-0.2, 0) is 0 Å². The zero-order valence-corrected chi connectivity index (χ0v) is 40.9. The smallest absolute Gasteiger partial charge is 0.452 e. The number of benzene rings is 2. The zero-order valence-electron chi connectivity index (χ0n) is 40.9. The number of ether oxygens (including phenoxy) is 2. The second kappa shape index (κ2) is 26.6. The summed E-state index contributed by atoms with van der Waals surface area (Å²) in [6.07, 6.45) is 20.1. The highest BCUT2D eigenvalue weighted by molar-refractivity contribution is 5.31. The molecule has 4 atom stereocenters. The van der Waals surface area contributed by atoms with Gasteiger partial charge in [0.1, 0.15) is 11.5 Å². The summed E-state index contributed by atoms with van der Waals surface area (Å²) in [6, 6.07) is 13.2. The molecule has 0 radical (unpaired) electrons. The van der Waals surface area contributed by atoms with Gasteiger partial charge in [-0.3, -0.25) is 0 Å². The lowest BCUT2D eigenvalue weighted by Crippen LogP contribution is -2.36. The lowest BCUT2D eigenvalue weighted by Gasteiger charge is -2.46. The highest BCUT2D eigenvalue weighted by Gasteiger charge is 2.44. The molecule has 0 amide bonds. The first-order chi connectivity index (χ1) is 32.2. The van der Waals surface area contributed by atoms with Crippen molar-refractivity contribution in [2.24, 2.45) is 47.3 Å². The van der Waals surface area contributed by atoms with E-state index in [1.807, 2.05) is 24.3 Å². The third-order valence-electron chi connectivity index (χ3n) is 17.3. The van der Waals surface area contributed by atoms with Gasteiger partial charge < -0.3 is 9.47 Å². The molecule has 0 spiro atoms. The van der Waals surface area contributed by atoms with Crippen LogP contribution in [0, 0.1) is 47.3 Å². The topological polar surface area (TPSA) is 18.5 Å². The highest BCUT2D eigenvalue weighted by Crippen LogP contribution is 2.52. The van der Waals surface area contributed by atoms with E-state index in [0.29, 0.717) is 35.5 Å². The predicted molar refractivity (Wildman–Crippen MR) is 255 cm³/mol. The molecule has 0 aromatic heterocycles. The molecule has 380 valence electrons. The maximum Gasteiger partial charge on any atom is 0.457 e. The molecule has 4 aliphatic carbocycles. The Balaban J connectivity index is 1.15. The molecule has 4 aliphatic rings. The molecule has 6 rings (SSSR count). The van der Waals surface area contributed by atoms with Crippen LogP contribution in [0.4, 0.5) is 35.1 Å². The molecule has 2 aromatic rings. The van der Waals surface area contributed by atoms with Crippen molar-refractivity contribution in [1.29, 1.82) is 0 Å². The van der Waals surface area contributed by atoms with Gasteiger partial charge in [-0.15, -0.1) is 0 Å². The Labute approximate surface area is 398 Å². The maximum atomic E-state index is 13.7. The Morgan fingerprint density at radius 2 is 0.731 bits per heavy atom. The fourth-order valence-electron chi connectivity index (χ4n) is 13.4. The van der Waals surface area contributed by atoms with Crippen LogP contribution in [0.25, 0.3) is 0 Å². The molecule has 4 saturated carbocycles. The van der Waals surface area contributed by atoms with Gasteiger partial charge in [0.25, 0.3) is 0 Å². The van der Waals surface area contributed by atoms with Crippen molar-refractivity contribution in [1.82, 2.24) is 0 Å². The molecule has 0 heterocycles. The van der Waals surface area contributed by atoms with Gasteiger partial charge in [-0.05, 0) is 172 Å². The molecule has 0 bridgehead atoms. The van der Waals surface area contributed by atoms with Crippen molar-refractivity contribution in [2.75, 3.05) is 0 Å². The van der Waals surface area contributed by atoms with E-state index >= 15 is 0 Å². The molecular formula is C57H84F8O2. The van der Waals surface area contributed by atoms with E-state index in [9.17, 15) is 35.1 Å². The Morgan fingerprint density at radius 3 is 1.12 bits per heavy atom. The molecular weight excluding hydrogens is 869 g/mol. The second-order valence-corrected chi connectivity index (χ2v) is 21.9. The minimum atomic E-state index is -5.06. The Hall–Kier alpha value is -2.52. The van der Waals surface area contributed by atoms with Crippen LogP contribution in [0.15, 0.2) is 48.5 Å². The van der Waals surface area contributed by atoms with E-state index in [4.69, 9.17) is 0 Å². The molecule has 2 aromatic carbocycles. The minimum absolute atomic E-state index is 0.107. The van der Waals surface area contributed by atoms with Gasteiger partial charge in [0.15, 0.2) is 0 Å². The molecule has 10 heteroatoms. The third-order valence-corrected chi connectivity index (χ3v) is 17.3. The van der Waals surface area contributed by atoms with Crippen LogP contribution in [0.5, 0.6) is 11.5 Å². The molecule has 0 saturated heterocycles. The summed E-state index contributed by atoms with van der Waals surface area (Å²) in [5.41, 5.74) is 2.18. The SMILES string of the molecule is CCCCCCCC1CCC(CC(C2CCC(c3ccc(OC(F)C(F)(F)F)cc3)CC2)C(CC2CCC(c3ccc(OC(F)C(F)(F)F)cc3)CC2)C2CCC(CCCCCC)CC2)CC1. The number of alkyl halides is 8. The largest absolute Gasteiger partial charge is 0.457 e. The standard InChI is InChI=1S/C57H84F8O2/c1-3-5-7-9-11-13-40-14-16-42(17-15-40)38-53(49-28-26-45(27-29-49)47-32-36-51(37-33-47)67-55(59)57(63,64)65)52(48-24-18-41(19-25-48)12-10-8-6-4-2)39-43-20-22-44(23-21-43)46-30-34-50(35-31-46)66-54(58)56(60,61)62/h30-37,40-45,48-49,52-55H,3-29,38-39H2,1-2H3. The summed E-state index contributed by atoms with van der Waals surface area (Å²) in [5, 5.41) is 0. The van der Waals surface area contributed by atoms with Gasteiger partial charge >= 0.3 is 25.1 Å². The van der Waals surface area contributed by atoms with E-state index < -0.39 is 25.1 Å². The van der Waals surface area contributed by atoms with Crippen LogP contribution in [0.2, 0.25) is 0 Å². The van der Waals surface area contributed by atoms with Crippen LogP contribution >= 0.6 is 0 Å². The zero-order chi connectivity index (χ0) is 47.8. The molecule has 4 fully saturated rings. The highest BCUT2D eigenvalue weighted by atomic mass is 19.4. The Bertz CT molecular complexity index is 1630. The van der Waals surface area contributed by atoms with Crippen molar-refractivity contribution in [3.63, 3.8) is 0 Å². The van der Waals surface area contributed by atoms with Gasteiger partial charge in [-0.25, -0.2) is 0 Å². The molecule has 67 heavy (non-hydrogen) atoms. The molecule has 0 aliphatic heterocycles. The number of halogens is 8. The van der Waals surface area contributed by atoms with Gasteiger partial charge in [0, 0.05) is 0 Å². The Kier molecular flexibility index (Phi) is 21.4. The van der Waals surface area contributed by atoms with Crippen LogP contribution in [0.1, 0.15) is 223 Å². The fourth-order valence-corrected chi connectivity index (χ4v) is 13.4. The summed E-state index contributed by atoms with van der Waals surface area (Å²) in [7, 11) is 0. The van der Waals surface area contributed by atoms with Crippen LogP contribution in [0.3, 0.4) is 0 Å². The van der Waals surface area contributed by atoms with Crippen molar-refractivity contribution in [2.45, 2.75) is 237 Å². The van der Waals surface area contributed by atoms with E-state index in [0.717, 1.165) is 86.2 Å². The number of hydrogen-bond donors (Lipinski definition) is 0. The molecule has 2 nitrogen and oxygen atoms in total. The van der Waals surface area contributed by atoms with Crippen molar-refractivity contribution in [3.8, 4) is 11.5 Å². The first kappa shape index (κ1) is 53.8. The van der Waals surface area contributed by atoms with Crippen molar-refractivity contribution < 1.29 is 44.6 Å². The normalized spacial score (nSPS) is 28.3. The van der Waals surface area contributed by atoms with Gasteiger partial charge in [-0.2, -0.15) is 35.1 Å². The number of hydrogen-bond acceptors (Lipinski definition) is 2. The van der Waals surface area contributed by atoms with E-state index in [1.165, 1.54) is 159 Å². The lowest BCUT2D eigenvalue weighted by molar-refractivity contribution is -0.236. The minimum Gasteiger partial charge on any atom is -0.452 e. The number of rotatable bonds is 24. The third kappa shape index (κ3) is 17.1. The first-order valence-corrected chi connectivity index (χ1v) is 27.1. The van der Waals surface area contributed by atoms with Crippen LogP contribution < -0.4 is 9.47 Å². The molecule has 4 unspecified atom stereocenters. The average molecular weight is 953 g/mol. The quantitative estimate of drug-likeness (QED) is 0.0771. The van der Waals surface area contributed by atoms with E-state index in [-0.39, 0.29) is 11.5 Å². The van der Waals surface area contributed by atoms with Crippen molar-refractivity contribution in [3.05, 3.63) is 59.7 Å². The lowest BCUT2D eigenvalue weighted by atomic mass is 9.59. The summed E-state index contributed by atoms with van der Waals surface area (Å²) in [6.45, 7) is 4.56. The predicted octanol–water partition coefficient (Wildman–Crippen LogP) is 19.4. The summed E-state index contributed by atoms with van der Waals surface area (Å²) < 4.78 is 113. The Morgan fingerprint density at radius 1 is 0.418 bits per heavy atom. The second-order valence-electron chi connectivity index (χ2n) is 21.9. The van der Waals surface area contributed by atoms with E-state index in [1.54, 1.807) is 0 Å². The molecule has 0 N–H and O–H groups in total. The first-order valence-electron chi connectivity index (χ1n) is 27.1. The van der Waals surface area contributed by atoms with Gasteiger partial charge in [0.05, 0.1) is 0 Å². The average Bonchev–Trinajstić information content (AvgIpc) is 3.32. The van der Waals surface area contributed by atoms with Crippen molar-refractivity contribution >= 4 is 0 Å². The van der Waals surface area contributed by atoms with Crippen LogP contribution in [-0.4, -0.2) is 25.1 Å².